The first kappa shape index (κ1) is 19.5. The second-order valence-corrected chi connectivity index (χ2v) is 6.29. The summed E-state index contributed by atoms with van der Waals surface area (Å²) < 4.78 is 0.213. The maximum atomic E-state index is 12.2. The predicted octanol–water partition coefficient (Wildman–Crippen LogP) is -0.834. The number of nitrogens with zero attached hydrogens (tertiary/aromatic N) is 1. The minimum atomic E-state index is -2.01. The van der Waals surface area contributed by atoms with Gasteiger partial charge in [0.25, 0.3) is 0 Å². The Kier molecular flexibility index (Phi) is 6.99. The van der Waals surface area contributed by atoms with E-state index in [0.717, 1.165) is 0 Å². The van der Waals surface area contributed by atoms with Crippen LogP contribution < -0.4 is 5.11 Å². The third-order valence-corrected chi connectivity index (χ3v) is 3.79. The van der Waals surface area contributed by atoms with Crippen molar-refractivity contribution in [3.63, 3.8) is 0 Å². The Bertz CT molecular complexity index is 401. The van der Waals surface area contributed by atoms with E-state index in [1.165, 1.54) is 0 Å². The molecule has 0 aliphatic rings. The van der Waals surface area contributed by atoms with Gasteiger partial charge in [0.2, 0.25) is 0 Å². The number of carbonyl (C=O) groups excluding carboxylic acids is 2. The predicted molar refractivity (Wildman–Crippen MR) is 73.2 cm³/mol. The Morgan fingerprint density at radius 1 is 1.14 bits per heavy atom. The number of rotatable bonds is 10. The zero-order valence-electron chi connectivity index (χ0n) is 13.1. The first-order valence-corrected chi connectivity index (χ1v) is 6.89. The van der Waals surface area contributed by atoms with E-state index in [4.69, 9.17) is 5.11 Å². The number of aliphatic hydroxyl groups is 1. The molecule has 0 fully saturated rings. The van der Waals surface area contributed by atoms with Crippen molar-refractivity contribution in [1.29, 1.82) is 0 Å². The Hall–Kier alpha value is -1.47. The molecule has 0 aromatic heterocycles. The molecule has 0 heterocycles. The van der Waals surface area contributed by atoms with Crippen molar-refractivity contribution in [3.8, 4) is 0 Å². The fraction of sp³-hybridized carbons (Fsp3) is 0.786. The molecule has 0 aromatic carbocycles. The summed E-state index contributed by atoms with van der Waals surface area (Å²) in [6.07, 6.45) is -0.272. The van der Waals surface area contributed by atoms with E-state index in [1.54, 1.807) is 28.1 Å². The summed E-state index contributed by atoms with van der Waals surface area (Å²) in [6, 6.07) is -0.637. The summed E-state index contributed by atoms with van der Waals surface area (Å²) in [5.74, 6) is -3.03. The maximum Gasteiger partial charge on any atom is 0.303 e. The average molecular weight is 303 g/mol. The fourth-order valence-corrected chi connectivity index (χ4v) is 2.12. The lowest BCUT2D eigenvalue weighted by Crippen LogP contribution is -2.62. The number of hydrogen-bond donors (Lipinski definition) is 2. The molecular formula is C14H25NO6. The van der Waals surface area contributed by atoms with E-state index in [-0.39, 0.29) is 17.3 Å². The van der Waals surface area contributed by atoms with E-state index < -0.39 is 35.8 Å². The van der Waals surface area contributed by atoms with Gasteiger partial charge in [0, 0.05) is 25.2 Å². The van der Waals surface area contributed by atoms with E-state index in [1.807, 2.05) is 0 Å². The molecular weight excluding hydrogens is 278 g/mol. The van der Waals surface area contributed by atoms with Gasteiger partial charge in [0.05, 0.1) is 21.1 Å². The lowest BCUT2D eigenvalue weighted by Gasteiger charge is -2.41. The minimum Gasteiger partial charge on any atom is -0.550 e. The van der Waals surface area contributed by atoms with Gasteiger partial charge in [0.15, 0.2) is 11.4 Å². The normalized spacial score (nSPS) is 16.0. The standard InChI is InChI=1S/C14H25NO6/c1-10(15(2,3)4)14(21,9-13(19)20)11(16)7-5-6-8-12(17)18/h10,21H,5-9H2,1-4H3,(H-,17,18,19,20). The van der Waals surface area contributed by atoms with Crippen molar-refractivity contribution in [2.75, 3.05) is 21.1 Å². The van der Waals surface area contributed by atoms with Crippen LogP contribution in [-0.2, 0) is 14.4 Å². The summed E-state index contributed by atoms with van der Waals surface area (Å²) in [7, 11) is 5.26. The molecule has 0 rings (SSSR count). The van der Waals surface area contributed by atoms with Crippen LogP contribution in [0.3, 0.4) is 0 Å². The van der Waals surface area contributed by atoms with Crippen molar-refractivity contribution < 1.29 is 34.2 Å². The highest BCUT2D eigenvalue weighted by Gasteiger charge is 2.47. The Balaban J connectivity index is 4.93. The fourth-order valence-electron chi connectivity index (χ4n) is 2.12. The third-order valence-electron chi connectivity index (χ3n) is 3.79. The third kappa shape index (κ3) is 6.22. The number of quaternary nitrogens is 1. The van der Waals surface area contributed by atoms with Gasteiger partial charge >= 0.3 is 5.97 Å². The second-order valence-electron chi connectivity index (χ2n) is 6.29. The van der Waals surface area contributed by atoms with Crippen LogP contribution in [0, 0.1) is 0 Å². The quantitative estimate of drug-likeness (QED) is 0.402. The summed E-state index contributed by atoms with van der Waals surface area (Å²) in [5, 5.41) is 30.0. The van der Waals surface area contributed by atoms with Crippen molar-refractivity contribution in [2.45, 2.75) is 50.7 Å². The van der Waals surface area contributed by atoms with Crippen LogP contribution in [0.2, 0.25) is 0 Å². The molecule has 2 unspecified atom stereocenters. The number of carbonyl (C=O) groups is 3. The van der Waals surface area contributed by atoms with Crippen LogP contribution in [0.25, 0.3) is 0 Å². The lowest BCUT2D eigenvalue weighted by molar-refractivity contribution is -0.900. The zero-order valence-corrected chi connectivity index (χ0v) is 13.1. The number of aliphatic carboxylic acids is 2. The highest BCUT2D eigenvalue weighted by Crippen LogP contribution is 2.25. The van der Waals surface area contributed by atoms with Gasteiger partial charge in [-0.05, 0) is 19.8 Å². The molecule has 7 heteroatoms. The molecule has 0 saturated carbocycles. The monoisotopic (exact) mass is 303 g/mol. The number of unbranched alkanes of at least 4 members (excludes halogenated alkanes) is 1. The molecule has 2 atom stereocenters. The number of hydrogen-bond acceptors (Lipinski definition) is 5. The summed E-state index contributed by atoms with van der Waals surface area (Å²) in [4.78, 5) is 33.5. The SMILES string of the molecule is CC(C(O)(CC(=O)[O-])C(=O)CCCCC(=O)O)[N+](C)(C)C. The molecule has 122 valence electrons. The topological polar surface area (TPSA) is 115 Å². The van der Waals surface area contributed by atoms with E-state index in [0.29, 0.717) is 12.8 Å². The highest BCUT2D eigenvalue weighted by molar-refractivity contribution is 5.91. The average Bonchev–Trinajstić information content (AvgIpc) is 2.30. The van der Waals surface area contributed by atoms with Gasteiger partial charge in [-0.15, -0.1) is 0 Å². The molecule has 0 aliphatic heterocycles. The number of ketones is 1. The van der Waals surface area contributed by atoms with Gasteiger partial charge in [-0.25, -0.2) is 0 Å². The molecule has 0 aliphatic carbocycles. The van der Waals surface area contributed by atoms with Crippen molar-refractivity contribution in [3.05, 3.63) is 0 Å². The number of Topliss-reactive ketones (excluding diaryl/α,β-unsaturated/α-hetero) is 1. The van der Waals surface area contributed by atoms with Gasteiger partial charge < -0.3 is 24.6 Å². The Morgan fingerprint density at radius 2 is 1.62 bits per heavy atom. The smallest absolute Gasteiger partial charge is 0.303 e. The van der Waals surface area contributed by atoms with Crippen molar-refractivity contribution in [2.24, 2.45) is 0 Å². The van der Waals surface area contributed by atoms with E-state index in [9.17, 15) is 24.6 Å². The van der Waals surface area contributed by atoms with Gasteiger partial charge in [0.1, 0.15) is 6.04 Å². The van der Waals surface area contributed by atoms with Gasteiger partial charge in [-0.2, -0.15) is 0 Å². The molecule has 21 heavy (non-hydrogen) atoms. The largest absolute Gasteiger partial charge is 0.550 e. The van der Waals surface area contributed by atoms with E-state index >= 15 is 0 Å². The van der Waals surface area contributed by atoms with Crippen LogP contribution in [0.15, 0.2) is 0 Å². The van der Waals surface area contributed by atoms with Crippen LogP contribution in [-0.4, -0.2) is 65.2 Å². The lowest BCUT2D eigenvalue weighted by atomic mass is 9.83. The number of carboxylic acid groups (broad SMARTS) is 2. The Morgan fingerprint density at radius 3 is 2.00 bits per heavy atom. The Labute approximate surface area is 124 Å². The van der Waals surface area contributed by atoms with Crippen molar-refractivity contribution in [1.82, 2.24) is 0 Å². The van der Waals surface area contributed by atoms with Crippen LogP contribution in [0.5, 0.6) is 0 Å². The molecule has 0 amide bonds. The number of carboxylic acids is 2. The zero-order chi connectivity index (χ0) is 16.8. The van der Waals surface area contributed by atoms with Crippen LogP contribution in [0.4, 0.5) is 0 Å². The van der Waals surface area contributed by atoms with Gasteiger partial charge in [-0.1, -0.05) is 0 Å². The highest BCUT2D eigenvalue weighted by atomic mass is 16.4. The molecule has 2 N–H and O–H groups in total. The van der Waals surface area contributed by atoms with Crippen LogP contribution >= 0.6 is 0 Å². The number of likely N-dealkylation sites (N-methyl/N-ethyl adjacent to an activating group) is 1. The first-order valence-electron chi connectivity index (χ1n) is 6.89. The summed E-state index contributed by atoms with van der Waals surface area (Å²) in [5.41, 5.74) is -2.01. The maximum absolute atomic E-state index is 12.2. The molecule has 0 aromatic rings. The molecule has 0 spiro atoms. The molecule has 0 bridgehead atoms. The first-order chi connectivity index (χ1) is 9.41. The van der Waals surface area contributed by atoms with Crippen LogP contribution in [0.1, 0.15) is 39.0 Å². The molecule has 0 saturated heterocycles. The van der Waals surface area contributed by atoms with Crippen molar-refractivity contribution >= 4 is 17.7 Å². The second kappa shape index (κ2) is 7.51. The molecule has 7 nitrogen and oxygen atoms in total. The van der Waals surface area contributed by atoms with E-state index in [2.05, 4.69) is 0 Å². The minimum absolute atomic E-state index is 0.0542. The molecule has 0 radical (unpaired) electrons. The summed E-state index contributed by atoms with van der Waals surface area (Å²) in [6.45, 7) is 1.61. The van der Waals surface area contributed by atoms with Gasteiger partial charge in [-0.3, -0.25) is 9.59 Å². The summed E-state index contributed by atoms with van der Waals surface area (Å²) >= 11 is 0.